The van der Waals surface area contributed by atoms with Crippen molar-refractivity contribution in [3.05, 3.63) is 58.1 Å². The van der Waals surface area contributed by atoms with Crippen LogP contribution >= 0.6 is 15.9 Å². The number of benzene rings is 2. The zero-order valence-corrected chi connectivity index (χ0v) is 16.1. The van der Waals surface area contributed by atoms with Gasteiger partial charge in [-0.2, -0.15) is 5.26 Å². The number of aryl methyl sites for hydroxylation is 1. The van der Waals surface area contributed by atoms with E-state index < -0.39 is 15.9 Å². The zero-order valence-electron chi connectivity index (χ0n) is 13.7. The number of sulfonamides is 1. The maximum absolute atomic E-state index is 12.3. The Kier molecular flexibility index (Phi) is 5.82. The Bertz CT molecular complexity index is 952. The van der Waals surface area contributed by atoms with Crippen molar-refractivity contribution in [2.45, 2.75) is 6.92 Å². The van der Waals surface area contributed by atoms with Crippen LogP contribution in [0, 0.1) is 18.3 Å². The SMILES string of the molecule is Cc1cc(Br)ccc1NC(=O)CN(c1cccc(C#N)c1)S(C)(=O)=O. The number of carbonyl (C=O) groups excluding carboxylic acids is 1. The van der Waals surface area contributed by atoms with Crippen LogP contribution < -0.4 is 9.62 Å². The summed E-state index contributed by atoms with van der Waals surface area (Å²) < 4.78 is 26.0. The van der Waals surface area contributed by atoms with E-state index in [0.717, 1.165) is 20.6 Å². The lowest BCUT2D eigenvalue weighted by atomic mass is 10.2. The van der Waals surface area contributed by atoms with Crippen molar-refractivity contribution in [3.63, 3.8) is 0 Å². The first-order valence-corrected chi connectivity index (χ1v) is 9.88. The maximum atomic E-state index is 12.3. The molecule has 0 unspecified atom stereocenters. The molecule has 8 heteroatoms. The molecule has 0 fully saturated rings. The van der Waals surface area contributed by atoms with Crippen LogP contribution in [0.3, 0.4) is 0 Å². The normalized spacial score (nSPS) is 10.8. The first kappa shape index (κ1) is 19.0. The van der Waals surface area contributed by atoms with Gasteiger partial charge in [-0.3, -0.25) is 9.10 Å². The summed E-state index contributed by atoms with van der Waals surface area (Å²) >= 11 is 3.35. The van der Waals surface area contributed by atoms with Crippen LogP contribution in [0.2, 0.25) is 0 Å². The first-order valence-electron chi connectivity index (χ1n) is 7.24. The third kappa shape index (κ3) is 5.05. The fourth-order valence-electron chi connectivity index (χ4n) is 2.22. The summed E-state index contributed by atoms with van der Waals surface area (Å²) in [6.07, 6.45) is 1.02. The molecule has 0 spiro atoms. The average Bonchev–Trinajstić information content (AvgIpc) is 2.54. The molecule has 0 aliphatic carbocycles. The Hall–Kier alpha value is -2.37. The van der Waals surface area contributed by atoms with Gasteiger partial charge in [0, 0.05) is 10.2 Å². The van der Waals surface area contributed by atoms with Crippen LogP contribution in [-0.2, 0) is 14.8 Å². The minimum absolute atomic E-state index is 0.268. The zero-order chi connectivity index (χ0) is 18.6. The van der Waals surface area contributed by atoms with Crippen molar-refractivity contribution in [1.29, 1.82) is 5.26 Å². The summed E-state index contributed by atoms with van der Waals surface area (Å²) in [5.74, 6) is -0.474. The van der Waals surface area contributed by atoms with Crippen LogP contribution in [0.25, 0.3) is 0 Å². The molecule has 0 radical (unpaired) electrons. The molecule has 0 heterocycles. The highest BCUT2D eigenvalue weighted by Gasteiger charge is 2.21. The van der Waals surface area contributed by atoms with E-state index in [2.05, 4.69) is 21.2 Å². The molecular weight excluding hydrogens is 406 g/mol. The van der Waals surface area contributed by atoms with Crippen LogP contribution in [0.5, 0.6) is 0 Å². The molecule has 0 saturated carbocycles. The average molecular weight is 422 g/mol. The van der Waals surface area contributed by atoms with Crippen LogP contribution in [0.15, 0.2) is 46.9 Å². The molecule has 2 rings (SSSR count). The van der Waals surface area contributed by atoms with Gasteiger partial charge in [0.1, 0.15) is 6.54 Å². The molecule has 0 atom stereocenters. The second kappa shape index (κ2) is 7.68. The van der Waals surface area contributed by atoms with Gasteiger partial charge in [0.25, 0.3) is 0 Å². The fourth-order valence-corrected chi connectivity index (χ4v) is 3.54. The highest BCUT2D eigenvalue weighted by molar-refractivity contribution is 9.10. The van der Waals surface area contributed by atoms with E-state index in [1.54, 1.807) is 30.3 Å². The molecule has 2 aromatic carbocycles. The monoisotopic (exact) mass is 421 g/mol. The Labute approximate surface area is 155 Å². The van der Waals surface area contributed by atoms with Crippen molar-refractivity contribution < 1.29 is 13.2 Å². The standard InChI is InChI=1S/C17H16BrN3O3S/c1-12-8-14(18)6-7-16(12)20-17(22)11-21(25(2,23)24)15-5-3-4-13(9-15)10-19/h3-9H,11H2,1-2H3,(H,20,22). The third-order valence-electron chi connectivity index (χ3n) is 3.41. The van der Waals surface area contributed by atoms with E-state index >= 15 is 0 Å². The van der Waals surface area contributed by atoms with E-state index in [4.69, 9.17) is 5.26 Å². The Morgan fingerprint density at radius 1 is 1.28 bits per heavy atom. The van der Waals surface area contributed by atoms with Gasteiger partial charge in [-0.05, 0) is 48.9 Å². The number of halogens is 1. The second-order valence-electron chi connectivity index (χ2n) is 5.44. The molecule has 6 nitrogen and oxygen atoms in total. The molecule has 25 heavy (non-hydrogen) atoms. The predicted octanol–water partition coefficient (Wildman–Crippen LogP) is 3.03. The molecular formula is C17H16BrN3O3S. The highest BCUT2D eigenvalue weighted by atomic mass is 79.9. The second-order valence-corrected chi connectivity index (χ2v) is 8.26. The lowest BCUT2D eigenvalue weighted by Gasteiger charge is -2.22. The van der Waals surface area contributed by atoms with E-state index in [9.17, 15) is 13.2 Å². The molecule has 1 amide bonds. The first-order chi connectivity index (χ1) is 11.7. The number of nitrogens with zero attached hydrogens (tertiary/aromatic N) is 2. The molecule has 0 aliphatic rings. The minimum atomic E-state index is -3.69. The highest BCUT2D eigenvalue weighted by Crippen LogP contribution is 2.21. The lowest BCUT2D eigenvalue weighted by molar-refractivity contribution is -0.114. The Morgan fingerprint density at radius 3 is 2.60 bits per heavy atom. The predicted molar refractivity (Wildman–Crippen MR) is 101 cm³/mol. The van der Waals surface area contributed by atoms with Gasteiger partial charge in [-0.1, -0.05) is 22.0 Å². The van der Waals surface area contributed by atoms with Gasteiger partial charge in [-0.25, -0.2) is 8.42 Å². The number of rotatable bonds is 5. The summed E-state index contributed by atoms with van der Waals surface area (Å²) in [5.41, 5.74) is 2.03. The molecule has 0 bridgehead atoms. The number of anilines is 2. The van der Waals surface area contributed by atoms with E-state index in [0.29, 0.717) is 11.3 Å². The molecule has 130 valence electrons. The van der Waals surface area contributed by atoms with Crippen molar-refractivity contribution in [1.82, 2.24) is 0 Å². The third-order valence-corrected chi connectivity index (χ3v) is 5.05. The fraction of sp³-hybridized carbons (Fsp3) is 0.176. The van der Waals surface area contributed by atoms with Gasteiger partial charge in [-0.15, -0.1) is 0 Å². The maximum Gasteiger partial charge on any atom is 0.245 e. The molecule has 1 N–H and O–H groups in total. The van der Waals surface area contributed by atoms with Gasteiger partial charge in [0.05, 0.1) is 23.6 Å². The minimum Gasteiger partial charge on any atom is -0.324 e. The van der Waals surface area contributed by atoms with Gasteiger partial charge >= 0.3 is 0 Å². The molecule has 0 aromatic heterocycles. The van der Waals surface area contributed by atoms with Crippen molar-refractivity contribution >= 4 is 43.2 Å². The van der Waals surface area contributed by atoms with Gasteiger partial charge in [0.2, 0.25) is 15.9 Å². The van der Waals surface area contributed by atoms with Crippen molar-refractivity contribution in [3.8, 4) is 6.07 Å². The van der Waals surface area contributed by atoms with Crippen molar-refractivity contribution in [2.24, 2.45) is 0 Å². The Morgan fingerprint density at radius 2 is 2.00 bits per heavy atom. The van der Waals surface area contributed by atoms with Crippen LogP contribution in [0.4, 0.5) is 11.4 Å². The lowest BCUT2D eigenvalue weighted by Crippen LogP contribution is -2.37. The smallest absolute Gasteiger partial charge is 0.245 e. The number of carbonyl (C=O) groups is 1. The van der Waals surface area contributed by atoms with Gasteiger partial charge < -0.3 is 5.32 Å². The van der Waals surface area contributed by atoms with E-state index in [1.165, 1.54) is 6.07 Å². The van der Waals surface area contributed by atoms with Crippen LogP contribution in [0.1, 0.15) is 11.1 Å². The summed E-state index contributed by atoms with van der Waals surface area (Å²) in [6, 6.07) is 13.4. The number of hydrogen-bond acceptors (Lipinski definition) is 4. The summed E-state index contributed by atoms with van der Waals surface area (Å²) in [6.45, 7) is 1.45. The number of hydrogen-bond donors (Lipinski definition) is 1. The number of nitrogens with one attached hydrogen (secondary N) is 1. The summed E-state index contributed by atoms with van der Waals surface area (Å²) in [4.78, 5) is 12.3. The van der Waals surface area contributed by atoms with Crippen LogP contribution in [-0.4, -0.2) is 27.1 Å². The summed E-state index contributed by atoms with van der Waals surface area (Å²) in [5, 5.41) is 11.7. The van der Waals surface area contributed by atoms with E-state index in [-0.39, 0.29) is 12.2 Å². The number of amides is 1. The Balaban J connectivity index is 2.25. The summed E-state index contributed by atoms with van der Waals surface area (Å²) in [7, 11) is -3.69. The van der Waals surface area contributed by atoms with E-state index in [1.807, 2.05) is 19.1 Å². The molecule has 2 aromatic rings. The van der Waals surface area contributed by atoms with Crippen molar-refractivity contribution in [2.75, 3.05) is 22.4 Å². The largest absolute Gasteiger partial charge is 0.324 e. The van der Waals surface area contributed by atoms with Gasteiger partial charge in [0.15, 0.2) is 0 Å². The molecule has 0 aliphatic heterocycles. The topological polar surface area (TPSA) is 90.3 Å². The number of nitriles is 1. The quantitative estimate of drug-likeness (QED) is 0.802. The molecule has 0 saturated heterocycles.